The van der Waals surface area contributed by atoms with E-state index in [0.717, 1.165) is 24.3 Å². The molecular formula is C13H20N4O2. The van der Waals surface area contributed by atoms with Crippen LogP contribution < -0.4 is 14.8 Å². The molecule has 1 aromatic rings. The van der Waals surface area contributed by atoms with Gasteiger partial charge in [-0.25, -0.2) is 0 Å². The van der Waals surface area contributed by atoms with Crippen molar-refractivity contribution in [3.8, 4) is 12.0 Å². The fourth-order valence-corrected chi connectivity index (χ4v) is 3.45. The van der Waals surface area contributed by atoms with Crippen LogP contribution >= 0.6 is 0 Å². The molecule has 0 aromatic carbocycles. The summed E-state index contributed by atoms with van der Waals surface area (Å²) in [7, 11) is 3.07. The summed E-state index contributed by atoms with van der Waals surface area (Å²) < 4.78 is 10.1. The standard InChI is InChI=1S/C13H20N4O2/c1-18-12-15-11(16-13(17-12)19-2)14-7-10-6-8-3-4-9(10)5-8/h8-10H,3-7H2,1-2H3,(H,14,15,16,17). The van der Waals surface area contributed by atoms with Crippen LogP contribution in [0.2, 0.25) is 0 Å². The third-order valence-corrected chi connectivity index (χ3v) is 4.37. The van der Waals surface area contributed by atoms with Crippen LogP contribution in [0.1, 0.15) is 25.7 Å². The maximum absolute atomic E-state index is 5.04. The first-order valence-electron chi connectivity index (χ1n) is 6.86. The highest BCUT2D eigenvalue weighted by atomic mass is 16.5. The Labute approximate surface area is 113 Å². The van der Waals surface area contributed by atoms with Crippen molar-refractivity contribution < 1.29 is 9.47 Å². The number of nitrogens with one attached hydrogen (secondary N) is 1. The summed E-state index contributed by atoms with van der Waals surface area (Å²) >= 11 is 0. The molecule has 104 valence electrons. The average Bonchev–Trinajstić information content (AvgIpc) is 3.07. The molecule has 2 aliphatic carbocycles. The number of fused-ring (bicyclic) bond motifs is 2. The van der Waals surface area contributed by atoms with Crippen LogP contribution in [-0.4, -0.2) is 35.7 Å². The predicted molar refractivity (Wildman–Crippen MR) is 70.4 cm³/mol. The minimum absolute atomic E-state index is 0.280. The van der Waals surface area contributed by atoms with Crippen LogP contribution in [0.4, 0.5) is 5.95 Å². The van der Waals surface area contributed by atoms with Gasteiger partial charge in [-0.2, -0.15) is 9.97 Å². The number of aromatic nitrogens is 3. The molecule has 3 rings (SSSR count). The molecule has 2 bridgehead atoms. The number of hydrogen-bond acceptors (Lipinski definition) is 6. The van der Waals surface area contributed by atoms with Crippen molar-refractivity contribution in [2.45, 2.75) is 25.7 Å². The number of anilines is 1. The first-order chi connectivity index (χ1) is 9.28. The molecule has 3 atom stereocenters. The van der Waals surface area contributed by atoms with Crippen LogP contribution in [0.25, 0.3) is 0 Å². The topological polar surface area (TPSA) is 69.2 Å². The molecule has 1 aromatic heterocycles. The van der Waals surface area contributed by atoms with E-state index in [4.69, 9.17) is 9.47 Å². The normalized spacial score (nSPS) is 28.4. The summed E-state index contributed by atoms with van der Waals surface area (Å²) in [5, 5.41) is 3.30. The van der Waals surface area contributed by atoms with Gasteiger partial charge in [-0.05, 0) is 37.0 Å². The van der Waals surface area contributed by atoms with Gasteiger partial charge in [0.05, 0.1) is 14.2 Å². The molecule has 2 fully saturated rings. The van der Waals surface area contributed by atoms with Gasteiger partial charge in [0.1, 0.15) is 0 Å². The second-order valence-electron chi connectivity index (χ2n) is 5.45. The second-order valence-corrected chi connectivity index (χ2v) is 5.45. The highest BCUT2D eigenvalue weighted by molar-refractivity contribution is 5.27. The molecule has 0 spiro atoms. The number of hydrogen-bond donors (Lipinski definition) is 1. The number of nitrogens with zero attached hydrogens (tertiary/aromatic N) is 3. The number of rotatable bonds is 5. The van der Waals surface area contributed by atoms with Gasteiger partial charge in [-0.15, -0.1) is 4.98 Å². The summed E-state index contributed by atoms with van der Waals surface area (Å²) in [6, 6.07) is 0.560. The van der Waals surface area contributed by atoms with E-state index in [-0.39, 0.29) is 12.0 Å². The number of methoxy groups -OCH3 is 2. The van der Waals surface area contributed by atoms with Crippen molar-refractivity contribution in [1.29, 1.82) is 0 Å². The summed E-state index contributed by atoms with van der Waals surface area (Å²) in [6.07, 6.45) is 5.57. The monoisotopic (exact) mass is 264 g/mol. The summed E-state index contributed by atoms with van der Waals surface area (Å²) in [5.74, 6) is 3.14. The van der Waals surface area contributed by atoms with Crippen LogP contribution in [0.3, 0.4) is 0 Å². The van der Waals surface area contributed by atoms with E-state index in [1.165, 1.54) is 39.9 Å². The fourth-order valence-electron chi connectivity index (χ4n) is 3.45. The molecule has 2 saturated carbocycles. The Hall–Kier alpha value is -1.59. The maximum Gasteiger partial charge on any atom is 0.324 e. The van der Waals surface area contributed by atoms with Gasteiger partial charge in [-0.1, -0.05) is 6.42 Å². The molecule has 0 saturated heterocycles. The van der Waals surface area contributed by atoms with Crippen molar-refractivity contribution in [2.24, 2.45) is 17.8 Å². The highest BCUT2D eigenvalue weighted by Gasteiger charge is 2.39. The Bertz CT molecular complexity index is 432. The lowest BCUT2D eigenvalue weighted by Crippen LogP contribution is -2.21. The Morgan fingerprint density at radius 3 is 2.32 bits per heavy atom. The highest BCUT2D eigenvalue weighted by Crippen LogP contribution is 2.48. The minimum atomic E-state index is 0.280. The molecule has 0 radical (unpaired) electrons. The van der Waals surface area contributed by atoms with Gasteiger partial charge in [0.15, 0.2) is 0 Å². The van der Waals surface area contributed by atoms with Gasteiger partial charge in [0.2, 0.25) is 5.95 Å². The van der Waals surface area contributed by atoms with E-state index in [9.17, 15) is 0 Å². The minimum Gasteiger partial charge on any atom is -0.467 e. The van der Waals surface area contributed by atoms with Gasteiger partial charge in [-0.3, -0.25) is 0 Å². The van der Waals surface area contributed by atoms with Crippen molar-refractivity contribution in [2.75, 3.05) is 26.1 Å². The van der Waals surface area contributed by atoms with Crippen molar-refractivity contribution in [1.82, 2.24) is 15.0 Å². The van der Waals surface area contributed by atoms with Crippen molar-refractivity contribution in [3.63, 3.8) is 0 Å². The van der Waals surface area contributed by atoms with Crippen LogP contribution in [0, 0.1) is 17.8 Å². The summed E-state index contributed by atoms with van der Waals surface area (Å²) in [5.41, 5.74) is 0. The summed E-state index contributed by atoms with van der Waals surface area (Å²) in [4.78, 5) is 12.4. The SMILES string of the molecule is COc1nc(NCC2CC3CCC2C3)nc(OC)n1. The molecule has 2 aliphatic rings. The third kappa shape index (κ3) is 2.57. The molecule has 1 heterocycles. The van der Waals surface area contributed by atoms with E-state index >= 15 is 0 Å². The molecule has 3 unspecified atom stereocenters. The van der Waals surface area contributed by atoms with Gasteiger partial charge in [0, 0.05) is 6.54 Å². The Balaban J connectivity index is 1.63. The first-order valence-corrected chi connectivity index (χ1v) is 6.86. The smallest absolute Gasteiger partial charge is 0.324 e. The molecule has 19 heavy (non-hydrogen) atoms. The molecular weight excluding hydrogens is 244 g/mol. The zero-order valence-electron chi connectivity index (χ0n) is 11.4. The molecule has 1 N–H and O–H groups in total. The Kier molecular flexibility index (Phi) is 3.40. The molecule has 6 nitrogen and oxygen atoms in total. The molecule has 6 heteroatoms. The van der Waals surface area contributed by atoms with E-state index in [1.807, 2.05) is 0 Å². The average molecular weight is 264 g/mol. The van der Waals surface area contributed by atoms with Crippen molar-refractivity contribution >= 4 is 5.95 Å². The zero-order valence-corrected chi connectivity index (χ0v) is 11.4. The Morgan fingerprint density at radius 2 is 1.79 bits per heavy atom. The number of ether oxygens (including phenoxy) is 2. The lowest BCUT2D eigenvalue weighted by atomic mass is 9.89. The molecule has 0 aliphatic heterocycles. The second kappa shape index (κ2) is 5.19. The largest absolute Gasteiger partial charge is 0.467 e. The van der Waals surface area contributed by atoms with E-state index < -0.39 is 0 Å². The lowest BCUT2D eigenvalue weighted by Gasteiger charge is -2.21. The van der Waals surface area contributed by atoms with Crippen LogP contribution in [0.15, 0.2) is 0 Å². The van der Waals surface area contributed by atoms with Gasteiger partial charge in [0.25, 0.3) is 0 Å². The quantitative estimate of drug-likeness (QED) is 0.873. The van der Waals surface area contributed by atoms with Gasteiger partial charge >= 0.3 is 12.0 Å². The fraction of sp³-hybridized carbons (Fsp3) is 0.769. The van der Waals surface area contributed by atoms with Crippen LogP contribution in [-0.2, 0) is 0 Å². The van der Waals surface area contributed by atoms with E-state index in [0.29, 0.717) is 5.95 Å². The zero-order chi connectivity index (χ0) is 13.2. The molecule has 0 amide bonds. The lowest BCUT2D eigenvalue weighted by molar-refractivity contribution is 0.337. The van der Waals surface area contributed by atoms with E-state index in [1.54, 1.807) is 0 Å². The Morgan fingerprint density at radius 1 is 1.05 bits per heavy atom. The first kappa shape index (κ1) is 12.4. The maximum atomic E-state index is 5.04. The summed E-state index contributed by atoms with van der Waals surface area (Å²) in [6.45, 7) is 0.928. The third-order valence-electron chi connectivity index (χ3n) is 4.37. The van der Waals surface area contributed by atoms with Gasteiger partial charge < -0.3 is 14.8 Å². The van der Waals surface area contributed by atoms with Crippen LogP contribution in [0.5, 0.6) is 12.0 Å². The predicted octanol–water partition coefficient (Wildman–Crippen LogP) is 1.74. The van der Waals surface area contributed by atoms with Crippen molar-refractivity contribution in [3.05, 3.63) is 0 Å². The van der Waals surface area contributed by atoms with E-state index in [2.05, 4.69) is 20.3 Å².